The molecule has 198 valence electrons. The van der Waals surface area contributed by atoms with Crippen LogP contribution in [0.1, 0.15) is 106 Å². The lowest BCUT2D eigenvalue weighted by atomic mass is 10.00. The van der Waals surface area contributed by atoms with Crippen molar-refractivity contribution in [2.24, 2.45) is 0 Å². The van der Waals surface area contributed by atoms with Gasteiger partial charge in [-0.05, 0) is 72.2 Å². The highest BCUT2D eigenvalue weighted by Crippen LogP contribution is 2.26. The number of hydrogen-bond donors (Lipinski definition) is 0. The zero-order valence-corrected chi connectivity index (χ0v) is 23.0. The smallest absolute Gasteiger partial charge is 0.338 e. The van der Waals surface area contributed by atoms with Gasteiger partial charge in [0, 0.05) is 0 Å². The molecular weight excluding hydrogens is 456 g/mol. The second-order valence-corrected chi connectivity index (χ2v) is 9.87. The normalized spacial score (nSPS) is 11.8. The zero-order chi connectivity index (χ0) is 26.3. The lowest BCUT2D eigenvalue weighted by molar-refractivity contribution is 0.0288. The quantitative estimate of drug-likeness (QED) is 0.145. The van der Waals surface area contributed by atoms with Crippen molar-refractivity contribution in [3.05, 3.63) is 89.5 Å². The molecule has 3 heteroatoms. The summed E-state index contributed by atoms with van der Waals surface area (Å²) in [7, 11) is 0. The molecule has 0 amide bonds. The molecule has 0 saturated carbocycles. The summed E-state index contributed by atoms with van der Waals surface area (Å²) in [5.74, 6) is 0.568. The maximum atomic E-state index is 12.9. The van der Waals surface area contributed by atoms with E-state index in [1.165, 1.54) is 50.5 Å². The van der Waals surface area contributed by atoms with Crippen LogP contribution in [0.4, 0.5) is 0 Å². The van der Waals surface area contributed by atoms with Gasteiger partial charge in [-0.2, -0.15) is 0 Å². The standard InChI is InChI=1S/C34H44O3/c1-4-7-9-11-13-27-14-16-28(17-15-27)29-18-20-31(21-19-29)34(35)37-33(6-3)30-22-24-32(25-23-30)36-26-12-10-8-5-2/h14-25,33H,4-13,26H2,1-3H3. The summed E-state index contributed by atoms with van der Waals surface area (Å²) < 4.78 is 11.7. The summed E-state index contributed by atoms with van der Waals surface area (Å²) in [4.78, 5) is 12.9. The maximum absolute atomic E-state index is 12.9. The van der Waals surface area contributed by atoms with E-state index < -0.39 is 0 Å². The van der Waals surface area contributed by atoms with Gasteiger partial charge >= 0.3 is 5.97 Å². The van der Waals surface area contributed by atoms with Crippen molar-refractivity contribution in [1.82, 2.24) is 0 Å². The van der Waals surface area contributed by atoms with E-state index in [0.29, 0.717) is 12.0 Å². The Bertz CT molecular complexity index is 1040. The number of benzene rings is 3. The molecule has 0 fully saturated rings. The fraction of sp³-hybridized carbons (Fsp3) is 0.441. The second-order valence-electron chi connectivity index (χ2n) is 9.87. The van der Waals surface area contributed by atoms with Crippen LogP contribution in [0.15, 0.2) is 72.8 Å². The fourth-order valence-corrected chi connectivity index (χ4v) is 4.50. The molecule has 0 aromatic heterocycles. The Balaban J connectivity index is 1.53. The van der Waals surface area contributed by atoms with Gasteiger partial charge in [0.25, 0.3) is 0 Å². The number of aryl methyl sites for hydroxylation is 1. The van der Waals surface area contributed by atoms with Gasteiger partial charge in [-0.15, -0.1) is 0 Å². The van der Waals surface area contributed by atoms with E-state index in [4.69, 9.17) is 9.47 Å². The third kappa shape index (κ3) is 9.39. The summed E-state index contributed by atoms with van der Waals surface area (Å²) in [5.41, 5.74) is 5.21. The van der Waals surface area contributed by atoms with Gasteiger partial charge in [0.05, 0.1) is 12.2 Å². The third-order valence-electron chi connectivity index (χ3n) is 6.87. The van der Waals surface area contributed by atoms with Crippen LogP contribution in [0, 0.1) is 0 Å². The number of rotatable bonds is 16. The molecule has 1 unspecified atom stereocenters. The average Bonchev–Trinajstić information content (AvgIpc) is 2.95. The van der Waals surface area contributed by atoms with Crippen molar-refractivity contribution >= 4 is 5.97 Å². The first-order valence-electron chi connectivity index (χ1n) is 14.3. The molecule has 3 nitrogen and oxygen atoms in total. The number of carbonyl (C=O) groups excluding carboxylic acids is 1. The van der Waals surface area contributed by atoms with Gasteiger partial charge in [0.1, 0.15) is 11.9 Å². The molecule has 37 heavy (non-hydrogen) atoms. The van der Waals surface area contributed by atoms with E-state index in [9.17, 15) is 4.79 Å². The van der Waals surface area contributed by atoms with Crippen molar-refractivity contribution in [3.63, 3.8) is 0 Å². The lowest BCUT2D eigenvalue weighted by Crippen LogP contribution is -2.11. The van der Waals surface area contributed by atoms with Crippen LogP contribution in [0.25, 0.3) is 11.1 Å². The molecule has 0 radical (unpaired) electrons. The van der Waals surface area contributed by atoms with Crippen LogP contribution in [0.2, 0.25) is 0 Å². The Morgan fingerprint density at radius 1 is 0.676 bits per heavy atom. The van der Waals surface area contributed by atoms with Gasteiger partial charge in [-0.3, -0.25) is 0 Å². The first kappa shape index (κ1) is 28.5. The third-order valence-corrected chi connectivity index (χ3v) is 6.87. The van der Waals surface area contributed by atoms with E-state index in [0.717, 1.165) is 41.9 Å². The molecule has 0 saturated heterocycles. The molecule has 0 heterocycles. The second kappa shape index (κ2) is 15.9. The number of hydrogen-bond acceptors (Lipinski definition) is 3. The largest absolute Gasteiger partial charge is 0.494 e. The molecule has 3 aromatic carbocycles. The van der Waals surface area contributed by atoms with Gasteiger partial charge in [-0.25, -0.2) is 4.79 Å². The first-order valence-corrected chi connectivity index (χ1v) is 14.3. The lowest BCUT2D eigenvalue weighted by Gasteiger charge is -2.17. The highest BCUT2D eigenvalue weighted by molar-refractivity contribution is 5.90. The molecule has 1 atom stereocenters. The van der Waals surface area contributed by atoms with Crippen LogP contribution in [0.3, 0.4) is 0 Å². The van der Waals surface area contributed by atoms with Crippen molar-refractivity contribution in [2.45, 2.75) is 91.1 Å². The van der Waals surface area contributed by atoms with Gasteiger partial charge in [0.2, 0.25) is 0 Å². The monoisotopic (exact) mass is 500 g/mol. The molecule has 3 aromatic rings. The maximum Gasteiger partial charge on any atom is 0.338 e. The van der Waals surface area contributed by atoms with E-state index in [-0.39, 0.29) is 12.1 Å². The van der Waals surface area contributed by atoms with E-state index in [1.807, 2.05) is 55.5 Å². The molecule has 0 bridgehead atoms. The number of esters is 1. The summed E-state index contributed by atoms with van der Waals surface area (Å²) in [5, 5.41) is 0. The van der Waals surface area contributed by atoms with E-state index >= 15 is 0 Å². The number of carbonyl (C=O) groups is 1. The van der Waals surface area contributed by atoms with Crippen LogP contribution in [0.5, 0.6) is 5.75 Å². The van der Waals surface area contributed by atoms with Gasteiger partial charge < -0.3 is 9.47 Å². The summed E-state index contributed by atoms with van der Waals surface area (Å²) in [6, 6.07) is 24.4. The van der Waals surface area contributed by atoms with E-state index in [1.54, 1.807) is 0 Å². The fourth-order valence-electron chi connectivity index (χ4n) is 4.50. The van der Waals surface area contributed by atoms with Crippen LogP contribution in [-0.2, 0) is 11.2 Å². The molecule has 3 rings (SSSR count). The minimum atomic E-state index is -0.294. The zero-order valence-electron chi connectivity index (χ0n) is 23.0. The highest BCUT2D eigenvalue weighted by atomic mass is 16.5. The average molecular weight is 501 g/mol. The Hall–Kier alpha value is -3.07. The molecule has 0 N–H and O–H groups in total. The Morgan fingerprint density at radius 2 is 1.27 bits per heavy atom. The minimum absolute atomic E-state index is 0.282. The van der Waals surface area contributed by atoms with Crippen LogP contribution >= 0.6 is 0 Å². The van der Waals surface area contributed by atoms with Crippen molar-refractivity contribution < 1.29 is 14.3 Å². The SMILES string of the molecule is CCCCCCOc1ccc(C(CC)OC(=O)c2ccc(-c3ccc(CCCCCC)cc3)cc2)cc1. The minimum Gasteiger partial charge on any atom is -0.494 e. The predicted molar refractivity (Wildman–Crippen MR) is 154 cm³/mol. The number of unbranched alkanes of at least 4 members (excludes halogenated alkanes) is 6. The Morgan fingerprint density at radius 3 is 1.86 bits per heavy atom. The Labute approximate surface area is 224 Å². The predicted octanol–water partition coefficient (Wildman–Crippen LogP) is 9.74. The Kier molecular flexibility index (Phi) is 12.3. The molecule has 0 spiro atoms. The molecular formula is C34H44O3. The van der Waals surface area contributed by atoms with Crippen LogP contribution in [-0.4, -0.2) is 12.6 Å². The molecule has 0 aliphatic rings. The molecule has 0 aliphatic carbocycles. The van der Waals surface area contributed by atoms with Crippen molar-refractivity contribution in [2.75, 3.05) is 6.61 Å². The van der Waals surface area contributed by atoms with Crippen molar-refractivity contribution in [1.29, 1.82) is 0 Å². The topological polar surface area (TPSA) is 35.5 Å². The summed E-state index contributed by atoms with van der Waals surface area (Å²) >= 11 is 0. The molecule has 0 aliphatic heterocycles. The first-order chi connectivity index (χ1) is 18.1. The van der Waals surface area contributed by atoms with Crippen LogP contribution < -0.4 is 4.74 Å². The van der Waals surface area contributed by atoms with Gasteiger partial charge in [-0.1, -0.05) is 108 Å². The number of ether oxygens (including phenoxy) is 2. The van der Waals surface area contributed by atoms with Crippen molar-refractivity contribution in [3.8, 4) is 16.9 Å². The highest BCUT2D eigenvalue weighted by Gasteiger charge is 2.17. The van der Waals surface area contributed by atoms with E-state index in [2.05, 4.69) is 38.1 Å². The summed E-state index contributed by atoms with van der Waals surface area (Å²) in [6.45, 7) is 7.23. The van der Waals surface area contributed by atoms with Gasteiger partial charge in [0.15, 0.2) is 0 Å². The summed E-state index contributed by atoms with van der Waals surface area (Å²) in [6.07, 6.45) is 11.5.